The molecule has 4 aromatic rings. The van der Waals surface area contributed by atoms with Crippen LogP contribution in [0.15, 0.2) is 91.1 Å². The van der Waals surface area contributed by atoms with Gasteiger partial charge in [0, 0.05) is 36.6 Å². The highest BCUT2D eigenvalue weighted by Gasteiger charge is 2.24. The second-order valence-corrected chi connectivity index (χ2v) is 8.47. The quantitative estimate of drug-likeness (QED) is 0.450. The van der Waals surface area contributed by atoms with Crippen molar-refractivity contribution in [3.05, 3.63) is 96.7 Å². The van der Waals surface area contributed by atoms with Crippen molar-refractivity contribution in [1.82, 2.24) is 15.1 Å². The van der Waals surface area contributed by atoms with Crippen molar-refractivity contribution in [2.75, 3.05) is 25.1 Å². The topological polar surface area (TPSA) is 59.4 Å². The van der Waals surface area contributed by atoms with Crippen LogP contribution in [0.25, 0.3) is 16.9 Å². The molecule has 6 heteroatoms. The number of ether oxygens (including phenoxy) is 1. The number of nitrogens with zero attached hydrogens (tertiary/aromatic N) is 3. The van der Waals surface area contributed by atoms with E-state index in [4.69, 9.17) is 9.84 Å². The predicted octanol–water partition coefficient (Wildman–Crippen LogP) is 4.95. The van der Waals surface area contributed by atoms with E-state index < -0.39 is 0 Å². The van der Waals surface area contributed by atoms with E-state index >= 15 is 0 Å². The van der Waals surface area contributed by atoms with Crippen LogP contribution in [-0.2, 0) is 0 Å². The number of amides is 1. The van der Waals surface area contributed by atoms with E-state index in [1.807, 2.05) is 79.0 Å². The number of methoxy groups -OCH3 is 1. The van der Waals surface area contributed by atoms with Crippen LogP contribution < -0.4 is 15.0 Å². The third-order valence-electron chi connectivity index (χ3n) is 6.29. The Morgan fingerprint density at radius 3 is 2.18 bits per heavy atom. The summed E-state index contributed by atoms with van der Waals surface area (Å²) in [4.78, 5) is 15.7. The molecule has 34 heavy (non-hydrogen) atoms. The predicted molar refractivity (Wildman–Crippen MR) is 135 cm³/mol. The average Bonchev–Trinajstić information content (AvgIpc) is 3.36. The van der Waals surface area contributed by atoms with Crippen LogP contribution in [0.3, 0.4) is 0 Å². The molecule has 0 aliphatic carbocycles. The number of piperidine rings is 1. The lowest BCUT2D eigenvalue weighted by atomic mass is 10.0. The van der Waals surface area contributed by atoms with E-state index in [9.17, 15) is 4.79 Å². The van der Waals surface area contributed by atoms with Gasteiger partial charge in [-0.3, -0.25) is 4.79 Å². The smallest absolute Gasteiger partial charge is 0.255 e. The minimum atomic E-state index is -0.0797. The number of carbonyl (C=O) groups excluding carboxylic acids is 1. The van der Waals surface area contributed by atoms with E-state index in [-0.39, 0.29) is 11.9 Å². The van der Waals surface area contributed by atoms with E-state index in [0.29, 0.717) is 11.3 Å². The van der Waals surface area contributed by atoms with Crippen LogP contribution in [0.2, 0.25) is 0 Å². The van der Waals surface area contributed by atoms with Crippen LogP contribution >= 0.6 is 0 Å². The maximum Gasteiger partial charge on any atom is 0.255 e. The largest absolute Gasteiger partial charge is 0.497 e. The molecule has 172 valence electrons. The molecule has 1 N–H and O–H groups in total. The summed E-state index contributed by atoms with van der Waals surface area (Å²) in [6.45, 7) is 1.79. The van der Waals surface area contributed by atoms with Gasteiger partial charge in [0.05, 0.1) is 18.4 Å². The second kappa shape index (κ2) is 9.83. The Bertz CT molecular complexity index is 1230. The van der Waals surface area contributed by atoms with Gasteiger partial charge in [0.25, 0.3) is 5.91 Å². The maximum absolute atomic E-state index is 13.4. The maximum atomic E-state index is 13.4. The lowest BCUT2D eigenvalue weighted by Gasteiger charge is -2.34. The number of anilines is 1. The molecule has 1 aliphatic heterocycles. The molecule has 0 saturated carbocycles. The monoisotopic (exact) mass is 452 g/mol. The lowest BCUT2D eigenvalue weighted by molar-refractivity contribution is 0.0931. The first-order valence-electron chi connectivity index (χ1n) is 11.6. The third kappa shape index (κ3) is 4.66. The van der Waals surface area contributed by atoms with Gasteiger partial charge in [-0.25, -0.2) is 4.68 Å². The summed E-state index contributed by atoms with van der Waals surface area (Å²) in [7, 11) is 1.68. The number of hydrogen-bond acceptors (Lipinski definition) is 4. The van der Waals surface area contributed by atoms with Crippen LogP contribution in [-0.4, -0.2) is 41.9 Å². The van der Waals surface area contributed by atoms with Crippen molar-refractivity contribution in [3.8, 4) is 22.7 Å². The van der Waals surface area contributed by atoms with Gasteiger partial charge in [0.2, 0.25) is 0 Å². The molecule has 0 bridgehead atoms. The molecule has 1 aliphatic rings. The zero-order valence-corrected chi connectivity index (χ0v) is 19.2. The number of nitrogens with one attached hydrogen (secondary N) is 1. The standard InChI is InChI=1S/C28H28N4O2/c1-34-25-14-12-23(13-15-25)31-18-16-22(17-19-31)29-28(33)26-20-32(24-10-6-3-7-11-24)30-27(26)21-8-4-2-5-9-21/h2-15,20,22H,16-19H2,1H3,(H,29,33). The number of aromatic nitrogens is 2. The zero-order chi connectivity index (χ0) is 23.3. The fraction of sp³-hybridized carbons (Fsp3) is 0.214. The van der Waals surface area contributed by atoms with Gasteiger partial charge >= 0.3 is 0 Å². The number of hydrogen-bond donors (Lipinski definition) is 1. The van der Waals surface area contributed by atoms with Gasteiger partial charge in [-0.1, -0.05) is 48.5 Å². The highest BCUT2D eigenvalue weighted by molar-refractivity contribution is 6.00. The Labute approximate surface area is 199 Å². The molecule has 6 nitrogen and oxygen atoms in total. The molecule has 0 radical (unpaired) electrons. The first kappa shape index (κ1) is 21.8. The van der Waals surface area contributed by atoms with Gasteiger partial charge in [0.1, 0.15) is 11.4 Å². The van der Waals surface area contributed by atoms with Gasteiger partial charge in [-0.05, 0) is 49.2 Å². The fourth-order valence-electron chi connectivity index (χ4n) is 4.40. The summed E-state index contributed by atoms with van der Waals surface area (Å²) in [5, 5.41) is 8.03. The van der Waals surface area contributed by atoms with Crippen molar-refractivity contribution in [1.29, 1.82) is 0 Å². The molecule has 0 unspecified atom stereocenters. The van der Waals surface area contributed by atoms with Crippen molar-refractivity contribution < 1.29 is 9.53 Å². The van der Waals surface area contributed by atoms with E-state index in [1.165, 1.54) is 5.69 Å². The van der Waals surface area contributed by atoms with Crippen LogP contribution in [0.5, 0.6) is 5.75 Å². The number of carbonyl (C=O) groups is 1. The van der Waals surface area contributed by atoms with Crippen molar-refractivity contribution in [2.45, 2.75) is 18.9 Å². The minimum absolute atomic E-state index is 0.0797. The molecular formula is C28H28N4O2. The summed E-state index contributed by atoms with van der Waals surface area (Å²) >= 11 is 0. The molecule has 1 aromatic heterocycles. The fourth-order valence-corrected chi connectivity index (χ4v) is 4.40. The first-order valence-corrected chi connectivity index (χ1v) is 11.6. The van der Waals surface area contributed by atoms with Gasteiger partial charge in [-0.15, -0.1) is 0 Å². The van der Waals surface area contributed by atoms with Crippen LogP contribution in [0.1, 0.15) is 23.2 Å². The first-order chi connectivity index (χ1) is 16.7. The third-order valence-corrected chi connectivity index (χ3v) is 6.29. The van der Waals surface area contributed by atoms with E-state index in [2.05, 4.69) is 22.3 Å². The summed E-state index contributed by atoms with van der Waals surface area (Å²) in [5.41, 5.74) is 4.31. The van der Waals surface area contributed by atoms with Crippen molar-refractivity contribution >= 4 is 11.6 Å². The van der Waals surface area contributed by atoms with E-state index in [0.717, 1.165) is 42.9 Å². The Morgan fingerprint density at radius 1 is 0.882 bits per heavy atom. The SMILES string of the molecule is COc1ccc(N2CCC(NC(=O)c3cn(-c4ccccc4)nc3-c3ccccc3)CC2)cc1. The molecule has 0 spiro atoms. The molecule has 1 amide bonds. The Kier molecular flexibility index (Phi) is 6.29. The molecule has 0 atom stereocenters. The number of para-hydroxylation sites is 1. The normalized spacial score (nSPS) is 14.1. The minimum Gasteiger partial charge on any atom is -0.497 e. The molecule has 1 saturated heterocycles. The lowest BCUT2D eigenvalue weighted by Crippen LogP contribution is -2.44. The summed E-state index contributed by atoms with van der Waals surface area (Å²) in [6, 6.07) is 28.0. The Morgan fingerprint density at radius 2 is 1.53 bits per heavy atom. The van der Waals surface area contributed by atoms with Gasteiger partial charge < -0.3 is 15.0 Å². The Hall–Kier alpha value is -4.06. The van der Waals surface area contributed by atoms with E-state index in [1.54, 1.807) is 11.8 Å². The molecular weight excluding hydrogens is 424 g/mol. The van der Waals surface area contributed by atoms with Crippen LogP contribution in [0, 0.1) is 0 Å². The average molecular weight is 453 g/mol. The van der Waals surface area contributed by atoms with Crippen molar-refractivity contribution in [2.24, 2.45) is 0 Å². The summed E-state index contributed by atoms with van der Waals surface area (Å²) in [5.74, 6) is 0.778. The zero-order valence-electron chi connectivity index (χ0n) is 19.2. The molecule has 2 heterocycles. The van der Waals surface area contributed by atoms with Crippen molar-refractivity contribution in [3.63, 3.8) is 0 Å². The number of rotatable bonds is 6. The molecule has 3 aromatic carbocycles. The van der Waals surface area contributed by atoms with Gasteiger partial charge in [0.15, 0.2) is 0 Å². The highest BCUT2D eigenvalue weighted by atomic mass is 16.5. The molecule has 1 fully saturated rings. The second-order valence-electron chi connectivity index (χ2n) is 8.47. The summed E-state index contributed by atoms with van der Waals surface area (Å²) in [6.07, 6.45) is 3.62. The molecule has 5 rings (SSSR count). The summed E-state index contributed by atoms with van der Waals surface area (Å²) < 4.78 is 7.04. The van der Waals surface area contributed by atoms with Gasteiger partial charge in [-0.2, -0.15) is 5.10 Å². The Balaban J connectivity index is 1.31. The van der Waals surface area contributed by atoms with Crippen LogP contribution in [0.4, 0.5) is 5.69 Å². The number of benzene rings is 3. The highest BCUT2D eigenvalue weighted by Crippen LogP contribution is 2.26.